The molecule has 2 nitrogen and oxygen atoms in total. The number of nitrogens with zero attached hydrogens (tertiary/aromatic N) is 1. The summed E-state index contributed by atoms with van der Waals surface area (Å²) in [6.45, 7) is 0. The van der Waals surface area contributed by atoms with Crippen LogP contribution in [0.3, 0.4) is 0 Å². The molecule has 3 heteroatoms. The second-order valence-electron chi connectivity index (χ2n) is 1.46. The molecule has 0 spiro atoms. The zero-order chi connectivity index (χ0) is 5.40. The Bertz CT molecular complexity index is 232. The van der Waals surface area contributed by atoms with Gasteiger partial charge in [-0.3, -0.25) is 0 Å². The third-order valence-corrected chi connectivity index (χ3v) is 1.74. The molecule has 0 saturated heterocycles. The highest BCUT2D eigenvalue weighted by Crippen LogP contribution is 2.13. The molecule has 39 valence electrons. The van der Waals surface area contributed by atoms with E-state index in [9.17, 15) is 0 Å². The molecule has 0 aliphatic heterocycles. The summed E-state index contributed by atoms with van der Waals surface area (Å²) in [5.74, 6) is 0. The molecule has 0 saturated carbocycles. The molecule has 1 radical (unpaired) electrons. The monoisotopic (exact) mass is 123 g/mol. The fraction of sp³-hybridized carbons (Fsp3) is 0. The van der Waals surface area contributed by atoms with Gasteiger partial charge in [0.25, 0.3) is 0 Å². The molecule has 0 atom stereocenters. The molecule has 2 rings (SSSR count). The van der Waals surface area contributed by atoms with Crippen molar-refractivity contribution in [1.29, 1.82) is 0 Å². The van der Waals surface area contributed by atoms with Crippen molar-refractivity contribution < 1.29 is 0 Å². The molecule has 2 heterocycles. The topological polar surface area (TPSA) is 28.7 Å². The quantitative estimate of drug-likeness (QED) is 0.564. The van der Waals surface area contributed by atoms with Gasteiger partial charge < -0.3 is 4.98 Å². The van der Waals surface area contributed by atoms with Gasteiger partial charge in [-0.2, -0.15) is 0 Å². The first kappa shape index (κ1) is 4.09. The fourth-order valence-corrected chi connectivity index (χ4v) is 1.24. The number of rotatable bonds is 0. The van der Waals surface area contributed by atoms with Crippen LogP contribution in [0.15, 0.2) is 11.7 Å². The summed E-state index contributed by atoms with van der Waals surface area (Å²) in [7, 11) is 0. The number of thiazole rings is 1. The van der Waals surface area contributed by atoms with Crippen molar-refractivity contribution in [2.45, 2.75) is 0 Å². The number of aromatic nitrogens is 2. The van der Waals surface area contributed by atoms with E-state index in [1.807, 2.05) is 0 Å². The SMILES string of the molecule is [c]1c[nH]c2ncsc12. The summed E-state index contributed by atoms with van der Waals surface area (Å²) in [4.78, 5) is 6.95. The lowest BCUT2D eigenvalue weighted by Gasteiger charge is -1.65. The van der Waals surface area contributed by atoms with E-state index >= 15 is 0 Å². The van der Waals surface area contributed by atoms with Crippen molar-refractivity contribution in [3.8, 4) is 0 Å². The molecule has 0 aliphatic rings. The fourth-order valence-electron chi connectivity index (χ4n) is 0.621. The maximum Gasteiger partial charge on any atom is 0.149 e. The van der Waals surface area contributed by atoms with Crippen molar-refractivity contribution in [2.24, 2.45) is 0 Å². The predicted octanol–water partition coefficient (Wildman–Crippen LogP) is 1.42. The molecular weight excluding hydrogens is 120 g/mol. The first-order valence-corrected chi connectivity index (χ1v) is 3.13. The van der Waals surface area contributed by atoms with E-state index < -0.39 is 0 Å². The number of aromatic amines is 1. The second kappa shape index (κ2) is 1.32. The Morgan fingerprint density at radius 3 is 3.62 bits per heavy atom. The van der Waals surface area contributed by atoms with Crippen molar-refractivity contribution in [3.05, 3.63) is 17.8 Å². The lowest BCUT2D eigenvalue weighted by molar-refractivity contribution is 1.36. The van der Waals surface area contributed by atoms with Gasteiger partial charge in [0.05, 0.1) is 10.2 Å². The van der Waals surface area contributed by atoms with Crippen LogP contribution in [0, 0.1) is 6.07 Å². The van der Waals surface area contributed by atoms with Gasteiger partial charge >= 0.3 is 0 Å². The van der Waals surface area contributed by atoms with Crippen LogP contribution in [0.25, 0.3) is 10.3 Å². The van der Waals surface area contributed by atoms with Gasteiger partial charge in [0.2, 0.25) is 0 Å². The molecule has 8 heavy (non-hydrogen) atoms. The van der Waals surface area contributed by atoms with E-state index in [4.69, 9.17) is 0 Å². The Morgan fingerprint density at radius 2 is 2.75 bits per heavy atom. The molecule has 1 N–H and O–H groups in total. The molecule has 0 aliphatic carbocycles. The van der Waals surface area contributed by atoms with Crippen molar-refractivity contribution in [2.75, 3.05) is 0 Å². The van der Waals surface area contributed by atoms with Crippen LogP contribution < -0.4 is 0 Å². The van der Waals surface area contributed by atoms with Crippen molar-refractivity contribution >= 4 is 21.7 Å². The van der Waals surface area contributed by atoms with Gasteiger partial charge in [0.15, 0.2) is 0 Å². The third kappa shape index (κ3) is 0.391. The minimum absolute atomic E-state index is 0.940. The van der Waals surface area contributed by atoms with E-state index in [0.717, 1.165) is 10.3 Å². The normalized spacial score (nSPS) is 10.5. The summed E-state index contributed by atoms with van der Waals surface area (Å²) in [6, 6.07) is 3.00. The maximum absolute atomic E-state index is 4.01. The summed E-state index contributed by atoms with van der Waals surface area (Å²) in [5, 5.41) is 0. The van der Waals surface area contributed by atoms with Gasteiger partial charge in [-0.15, -0.1) is 11.3 Å². The highest BCUT2D eigenvalue weighted by Gasteiger charge is 1.92. The minimum atomic E-state index is 0.940. The lowest BCUT2D eigenvalue weighted by atomic mass is 10.6. The summed E-state index contributed by atoms with van der Waals surface area (Å²) in [6.07, 6.45) is 1.77. The Labute approximate surface area is 50.2 Å². The van der Waals surface area contributed by atoms with Gasteiger partial charge in [-0.1, -0.05) is 0 Å². The minimum Gasteiger partial charge on any atom is -0.345 e. The van der Waals surface area contributed by atoms with E-state index in [2.05, 4.69) is 16.0 Å². The zero-order valence-electron chi connectivity index (χ0n) is 4.01. The van der Waals surface area contributed by atoms with Crippen LogP contribution in [0.1, 0.15) is 0 Å². The number of hydrogen-bond donors (Lipinski definition) is 1. The number of fused-ring (bicyclic) bond motifs is 1. The molecule has 0 unspecified atom stereocenters. The number of H-pyrrole nitrogens is 1. The smallest absolute Gasteiger partial charge is 0.149 e. The summed E-state index contributed by atoms with van der Waals surface area (Å²) >= 11 is 1.60. The van der Waals surface area contributed by atoms with Crippen LogP contribution in [-0.2, 0) is 0 Å². The zero-order valence-corrected chi connectivity index (χ0v) is 4.83. The first-order valence-electron chi connectivity index (χ1n) is 2.25. The molecule has 0 aromatic carbocycles. The maximum atomic E-state index is 4.01. The van der Waals surface area contributed by atoms with Crippen LogP contribution >= 0.6 is 11.3 Å². The van der Waals surface area contributed by atoms with Gasteiger partial charge in [0, 0.05) is 12.3 Å². The van der Waals surface area contributed by atoms with Crippen LogP contribution in [0.4, 0.5) is 0 Å². The molecule has 2 aromatic heterocycles. The molecule has 0 amide bonds. The predicted molar refractivity (Wildman–Crippen MR) is 32.8 cm³/mol. The summed E-state index contributed by atoms with van der Waals surface area (Å²) < 4.78 is 1.10. The average molecular weight is 123 g/mol. The van der Waals surface area contributed by atoms with Crippen LogP contribution in [0.5, 0.6) is 0 Å². The van der Waals surface area contributed by atoms with Crippen LogP contribution in [-0.4, -0.2) is 9.97 Å². The number of nitrogens with one attached hydrogen (secondary N) is 1. The number of hydrogen-bond acceptors (Lipinski definition) is 2. The van der Waals surface area contributed by atoms with E-state index in [1.165, 1.54) is 0 Å². The molecule has 0 bridgehead atoms. The Kier molecular flexibility index (Phi) is 0.676. The highest BCUT2D eigenvalue weighted by molar-refractivity contribution is 7.16. The molecule has 0 fully saturated rings. The average Bonchev–Trinajstić information content (AvgIpc) is 2.15. The molecule has 2 aromatic rings. The highest BCUT2D eigenvalue weighted by atomic mass is 32.1. The Balaban J connectivity index is 3.06. The Morgan fingerprint density at radius 1 is 1.75 bits per heavy atom. The van der Waals surface area contributed by atoms with Crippen LogP contribution in [0.2, 0.25) is 0 Å². The summed E-state index contributed by atoms with van der Waals surface area (Å²) in [5.41, 5.74) is 2.74. The largest absolute Gasteiger partial charge is 0.345 e. The van der Waals surface area contributed by atoms with Crippen molar-refractivity contribution in [3.63, 3.8) is 0 Å². The second-order valence-corrected chi connectivity index (χ2v) is 2.32. The third-order valence-electron chi connectivity index (χ3n) is 0.980. The van der Waals surface area contributed by atoms with Crippen molar-refractivity contribution in [1.82, 2.24) is 9.97 Å². The lowest BCUT2D eigenvalue weighted by Crippen LogP contribution is -1.58. The van der Waals surface area contributed by atoms with Gasteiger partial charge in [0.1, 0.15) is 5.65 Å². The van der Waals surface area contributed by atoms with Gasteiger partial charge in [-0.25, -0.2) is 4.98 Å². The molecular formula is C5H3N2S. The standard InChI is InChI=1S/C5H3N2S/c1-2-6-5-4(1)8-3-7-5/h2-3,6H. The van der Waals surface area contributed by atoms with E-state index in [1.54, 1.807) is 23.0 Å². The first-order chi connectivity index (χ1) is 3.97. The van der Waals surface area contributed by atoms with Gasteiger partial charge in [-0.05, 0) is 0 Å². The Hall–Kier alpha value is -0.830. The van der Waals surface area contributed by atoms with E-state index in [-0.39, 0.29) is 0 Å². The van der Waals surface area contributed by atoms with E-state index in [0.29, 0.717) is 0 Å².